The Morgan fingerprint density at radius 3 is 2.68 bits per heavy atom. The maximum Gasteiger partial charge on any atom is 0.257 e. The van der Waals surface area contributed by atoms with Gasteiger partial charge in [-0.15, -0.1) is 0 Å². The number of amides is 2. The predicted molar refractivity (Wildman–Crippen MR) is 98.8 cm³/mol. The van der Waals surface area contributed by atoms with Crippen LogP contribution in [0.4, 0.5) is 11.4 Å². The lowest BCUT2D eigenvalue weighted by Gasteiger charge is -2.18. The highest BCUT2D eigenvalue weighted by molar-refractivity contribution is 6.37. The van der Waals surface area contributed by atoms with Gasteiger partial charge < -0.3 is 15.4 Å². The molecule has 2 amide bonds. The van der Waals surface area contributed by atoms with E-state index in [1.807, 2.05) is 0 Å². The largest absolute Gasteiger partial charge is 0.490 e. The number of hydrogen-bond acceptors (Lipinski definition) is 3. The quantitative estimate of drug-likeness (QED) is 0.801. The Hall–Kier alpha value is -2.24. The molecule has 0 bridgehead atoms. The average molecular weight is 379 g/mol. The van der Waals surface area contributed by atoms with E-state index in [1.165, 1.54) is 6.07 Å². The van der Waals surface area contributed by atoms with Crippen LogP contribution in [0.1, 0.15) is 24.2 Å². The second kappa shape index (κ2) is 6.58. The van der Waals surface area contributed by atoms with Crippen molar-refractivity contribution in [3.05, 3.63) is 52.0 Å². The summed E-state index contributed by atoms with van der Waals surface area (Å²) in [6.07, 6.45) is 0. The Bertz CT molecular complexity index is 865. The summed E-state index contributed by atoms with van der Waals surface area (Å²) in [5.74, 6) is 0.0414. The number of rotatable bonds is 2. The zero-order chi connectivity index (χ0) is 18.2. The first-order valence-electron chi connectivity index (χ1n) is 7.61. The van der Waals surface area contributed by atoms with Crippen LogP contribution in [0.25, 0.3) is 0 Å². The second-order valence-corrected chi connectivity index (χ2v) is 7.26. The molecule has 0 aliphatic carbocycles. The minimum atomic E-state index is -0.640. The zero-order valence-electron chi connectivity index (χ0n) is 13.7. The van der Waals surface area contributed by atoms with Gasteiger partial charge in [0, 0.05) is 10.7 Å². The van der Waals surface area contributed by atoms with Crippen LogP contribution >= 0.6 is 23.2 Å². The Kier molecular flexibility index (Phi) is 4.62. The summed E-state index contributed by atoms with van der Waals surface area (Å²) in [4.78, 5) is 24.6. The molecule has 0 atom stereocenters. The summed E-state index contributed by atoms with van der Waals surface area (Å²) in [6.45, 7) is 3.89. The van der Waals surface area contributed by atoms with Crippen molar-refractivity contribution in [2.75, 3.05) is 17.2 Å². The molecule has 0 radical (unpaired) electrons. The normalized spacial score (nSPS) is 15.4. The van der Waals surface area contributed by atoms with Gasteiger partial charge in [0.25, 0.3) is 5.91 Å². The summed E-state index contributed by atoms with van der Waals surface area (Å²) in [7, 11) is 0. The van der Waals surface area contributed by atoms with Crippen molar-refractivity contribution < 1.29 is 14.3 Å². The fourth-order valence-corrected chi connectivity index (χ4v) is 2.81. The number of ether oxygens (including phenoxy) is 1. The van der Waals surface area contributed by atoms with Crippen LogP contribution in [0.15, 0.2) is 36.4 Å². The SMILES string of the molecule is CC1(C)COc2ccc(NC(=O)c3ccc(Cl)cc3Cl)cc2NC1=O. The van der Waals surface area contributed by atoms with Gasteiger partial charge in [-0.1, -0.05) is 23.2 Å². The highest BCUT2D eigenvalue weighted by Gasteiger charge is 2.32. The van der Waals surface area contributed by atoms with Gasteiger partial charge in [0.2, 0.25) is 5.91 Å². The lowest BCUT2D eigenvalue weighted by molar-refractivity contribution is -0.124. The van der Waals surface area contributed by atoms with E-state index < -0.39 is 5.41 Å². The molecule has 7 heteroatoms. The van der Waals surface area contributed by atoms with Crippen molar-refractivity contribution in [2.24, 2.45) is 5.41 Å². The Morgan fingerprint density at radius 1 is 1.20 bits per heavy atom. The van der Waals surface area contributed by atoms with E-state index in [4.69, 9.17) is 27.9 Å². The molecular weight excluding hydrogens is 363 g/mol. The van der Waals surface area contributed by atoms with Crippen LogP contribution in [-0.2, 0) is 4.79 Å². The summed E-state index contributed by atoms with van der Waals surface area (Å²) in [5.41, 5.74) is 0.690. The van der Waals surface area contributed by atoms with Gasteiger partial charge in [0.1, 0.15) is 12.4 Å². The van der Waals surface area contributed by atoms with E-state index in [0.717, 1.165) is 0 Å². The number of hydrogen-bond donors (Lipinski definition) is 2. The van der Waals surface area contributed by atoms with Crippen molar-refractivity contribution in [2.45, 2.75) is 13.8 Å². The van der Waals surface area contributed by atoms with E-state index in [0.29, 0.717) is 27.7 Å². The number of anilines is 2. The lowest BCUT2D eigenvalue weighted by Crippen LogP contribution is -2.33. The molecule has 0 unspecified atom stereocenters. The molecule has 2 N–H and O–H groups in total. The fraction of sp³-hybridized carbons (Fsp3) is 0.222. The highest BCUT2D eigenvalue weighted by atomic mass is 35.5. The molecule has 1 aliphatic heterocycles. The van der Waals surface area contributed by atoms with Gasteiger partial charge in [0.15, 0.2) is 0 Å². The molecule has 0 aromatic heterocycles. The minimum Gasteiger partial charge on any atom is -0.490 e. The molecule has 1 heterocycles. The van der Waals surface area contributed by atoms with Crippen molar-refractivity contribution in [3.8, 4) is 5.75 Å². The Morgan fingerprint density at radius 2 is 1.96 bits per heavy atom. The van der Waals surface area contributed by atoms with Gasteiger partial charge in [-0.05, 0) is 50.2 Å². The zero-order valence-corrected chi connectivity index (χ0v) is 15.2. The number of benzene rings is 2. The van der Waals surface area contributed by atoms with Crippen LogP contribution < -0.4 is 15.4 Å². The average Bonchev–Trinajstić information content (AvgIpc) is 2.64. The topological polar surface area (TPSA) is 67.4 Å². The highest BCUT2D eigenvalue weighted by Crippen LogP contribution is 2.34. The second-order valence-electron chi connectivity index (χ2n) is 6.42. The third-order valence-electron chi connectivity index (χ3n) is 3.86. The summed E-state index contributed by atoms with van der Waals surface area (Å²) in [5, 5.41) is 6.29. The van der Waals surface area contributed by atoms with Crippen LogP contribution in [0.5, 0.6) is 5.75 Å². The van der Waals surface area contributed by atoms with Crippen molar-refractivity contribution in [1.82, 2.24) is 0 Å². The summed E-state index contributed by atoms with van der Waals surface area (Å²) in [6, 6.07) is 9.70. The van der Waals surface area contributed by atoms with Crippen LogP contribution in [0, 0.1) is 5.41 Å². The van der Waals surface area contributed by atoms with E-state index >= 15 is 0 Å². The van der Waals surface area contributed by atoms with Gasteiger partial charge in [-0.25, -0.2) is 0 Å². The smallest absolute Gasteiger partial charge is 0.257 e. The number of nitrogens with one attached hydrogen (secondary N) is 2. The number of fused-ring (bicyclic) bond motifs is 1. The molecule has 25 heavy (non-hydrogen) atoms. The molecule has 3 rings (SSSR count). The van der Waals surface area contributed by atoms with E-state index in [9.17, 15) is 9.59 Å². The van der Waals surface area contributed by atoms with Crippen molar-refractivity contribution in [3.63, 3.8) is 0 Å². The molecule has 5 nitrogen and oxygen atoms in total. The molecule has 0 spiro atoms. The molecule has 0 fully saturated rings. The van der Waals surface area contributed by atoms with E-state index in [1.54, 1.807) is 44.2 Å². The Labute approximate surface area is 155 Å². The first kappa shape index (κ1) is 17.6. The first-order valence-corrected chi connectivity index (χ1v) is 8.36. The van der Waals surface area contributed by atoms with E-state index in [2.05, 4.69) is 10.6 Å². The first-order chi connectivity index (χ1) is 11.8. The summed E-state index contributed by atoms with van der Waals surface area (Å²) < 4.78 is 5.68. The number of halogens is 2. The van der Waals surface area contributed by atoms with Crippen molar-refractivity contribution >= 4 is 46.4 Å². The number of carbonyl (C=O) groups excluding carboxylic acids is 2. The standard InChI is InChI=1S/C18H16Cl2N2O3/c1-18(2)9-25-15-6-4-11(8-14(15)22-17(18)24)21-16(23)12-5-3-10(19)7-13(12)20/h3-8H,9H2,1-2H3,(H,21,23)(H,22,24). The maximum atomic E-state index is 12.4. The molecule has 0 saturated heterocycles. The monoisotopic (exact) mass is 378 g/mol. The molecular formula is C18H16Cl2N2O3. The van der Waals surface area contributed by atoms with Gasteiger partial charge >= 0.3 is 0 Å². The van der Waals surface area contributed by atoms with Gasteiger partial charge in [-0.3, -0.25) is 9.59 Å². The predicted octanol–water partition coefficient (Wildman–Crippen LogP) is 4.60. The van der Waals surface area contributed by atoms with Crippen molar-refractivity contribution in [1.29, 1.82) is 0 Å². The maximum absolute atomic E-state index is 12.4. The third-order valence-corrected chi connectivity index (χ3v) is 4.41. The Balaban J connectivity index is 1.83. The fourth-order valence-electron chi connectivity index (χ4n) is 2.32. The van der Waals surface area contributed by atoms with Gasteiger partial charge in [-0.2, -0.15) is 0 Å². The van der Waals surface area contributed by atoms with E-state index in [-0.39, 0.29) is 23.4 Å². The minimum absolute atomic E-state index is 0.143. The summed E-state index contributed by atoms with van der Waals surface area (Å²) >= 11 is 11.9. The molecule has 130 valence electrons. The van der Waals surface area contributed by atoms with Crippen LogP contribution in [0.3, 0.4) is 0 Å². The van der Waals surface area contributed by atoms with Gasteiger partial charge in [0.05, 0.1) is 21.7 Å². The molecule has 2 aromatic rings. The lowest BCUT2D eigenvalue weighted by atomic mass is 9.94. The molecule has 2 aromatic carbocycles. The third kappa shape index (κ3) is 3.72. The van der Waals surface area contributed by atoms with Crippen LogP contribution in [-0.4, -0.2) is 18.4 Å². The number of carbonyl (C=O) groups is 2. The molecule has 0 saturated carbocycles. The van der Waals surface area contributed by atoms with Crippen LogP contribution in [0.2, 0.25) is 10.0 Å². The molecule has 1 aliphatic rings.